The molecule has 0 saturated carbocycles. The fraction of sp³-hybridized carbons (Fsp3) is 0.378. The third kappa shape index (κ3) is 6.55. The van der Waals surface area contributed by atoms with Gasteiger partial charge >= 0.3 is 0 Å². The van der Waals surface area contributed by atoms with Crippen LogP contribution in [0.5, 0.6) is 5.75 Å². The summed E-state index contributed by atoms with van der Waals surface area (Å²) in [5.74, 6) is -1.48. The molecule has 0 bridgehead atoms. The Morgan fingerprint density at radius 3 is 2.44 bits per heavy atom. The van der Waals surface area contributed by atoms with Crippen LogP contribution >= 0.6 is 0 Å². The van der Waals surface area contributed by atoms with Crippen molar-refractivity contribution >= 4 is 46.3 Å². The summed E-state index contributed by atoms with van der Waals surface area (Å²) in [5, 5.41) is 25.2. The van der Waals surface area contributed by atoms with E-state index in [9.17, 15) is 29.1 Å². The Bertz CT molecular complexity index is 1980. The highest BCUT2D eigenvalue weighted by molar-refractivity contribution is 6.25. The molecule has 0 radical (unpaired) electrons. The fourth-order valence-electron chi connectivity index (χ4n) is 7.03. The number of amides is 5. The van der Waals surface area contributed by atoms with Gasteiger partial charge in [0, 0.05) is 60.7 Å². The third-order valence-electron chi connectivity index (χ3n) is 9.85. The molecular formula is C37H39N7O6. The lowest BCUT2D eigenvalue weighted by Crippen LogP contribution is -2.54. The number of anilines is 1. The first-order valence-corrected chi connectivity index (χ1v) is 17.3. The number of carbonyl (C=O) groups excluding carboxylic acids is 5. The van der Waals surface area contributed by atoms with Crippen LogP contribution < -0.4 is 10.6 Å². The van der Waals surface area contributed by atoms with Crippen molar-refractivity contribution in [3.8, 4) is 17.0 Å². The van der Waals surface area contributed by atoms with E-state index in [1.165, 1.54) is 0 Å². The predicted molar refractivity (Wildman–Crippen MR) is 184 cm³/mol. The molecule has 5 amide bonds. The molecule has 1 unspecified atom stereocenters. The number of phenolic OH excluding ortho intramolecular Hbond substituents is 1. The molecule has 0 aliphatic carbocycles. The number of nitrogens with one attached hydrogen (secondary N) is 3. The topological polar surface area (TPSA) is 178 Å². The Hall–Kier alpha value is -5.59. The van der Waals surface area contributed by atoms with Crippen molar-refractivity contribution in [2.75, 3.05) is 25.0 Å². The molecule has 2 saturated heterocycles. The van der Waals surface area contributed by atoms with Crippen molar-refractivity contribution < 1.29 is 29.1 Å². The van der Waals surface area contributed by atoms with Crippen LogP contribution in [0.3, 0.4) is 0 Å². The number of aromatic nitrogens is 3. The van der Waals surface area contributed by atoms with E-state index in [0.717, 1.165) is 54.5 Å². The minimum absolute atomic E-state index is 0.0823. The monoisotopic (exact) mass is 677 g/mol. The third-order valence-corrected chi connectivity index (χ3v) is 9.85. The Balaban J connectivity index is 0.788. The van der Waals surface area contributed by atoms with Gasteiger partial charge in [0.05, 0.1) is 16.8 Å². The number of nitrogens with zero attached hydrogens (tertiary/aromatic N) is 4. The quantitative estimate of drug-likeness (QED) is 0.117. The van der Waals surface area contributed by atoms with E-state index < -0.39 is 29.7 Å². The largest absolute Gasteiger partial charge is 0.507 e. The maximum Gasteiger partial charge on any atom is 0.264 e. The smallest absolute Gasteiger partial charge is 0.264 e. The molecule has 4 aromatic rings. The number of benzene rings is 2. The number of piperidine rings is 1. The number of unbranched alkanes of at least 4 members (excludes halogenated alkanes) is 5. The van der Waals surface area contributed by atoms with E-state index in [4.69, 9.17) is 0 Å². The van der Waals surface area contributed by atoms with Gasteiger partial charge in [-0.1, -0.05) is 43.9 Å². The lowest BCUT2D eigenvalue weighted by molar-refractivity contribution is -0.137. The molecule has 1 atom stereocenters. The lowest BCUT2D eigenvalue weighted by atomic mass is 9.95. The van der Waals surface area contributed by atoms with E-state index in [-0.39, 0.29) is 41.5 Å². The van der Waals surface area contributed by atoms with E-state index in [1.54, 1.807) is 30.3 Å². The van der Waals surface area contributed by atoms with Crippen LogP contribution in [-0.2, 0) is 14.4 Å². The van der Waals surface area contributed by atoms with E-state index in [1.807, 2.05) is 23.1 Å². The first kappa shape index (κ1) is 32.9. The number of hydrogen-bond donors (Lipinski definition) is 4. The van der Waals surface area contributed by atoms with Gasteiger partial charge in [0.2, 0.25) is 17.7 Å². The van der Waals surface area contributed by atoms with E-state index in [2.05, 4.69) is 31.9 Å². The van der Waals surface area contributed by atoms with Crippen molar-refractivity contribution in [3.05, 3.63) is 71.4 Å². The zero-order valence-corrected chi connectivity index (χ0v) is 27.6. The summed E-state index contributed by atoms with van der Waals surface area (Å²) in [7, 11) is 0. The van der Waals surface area contributed by atoms with Gasteiger partial charge in [-0.2, -0.15) is 0 Å². The highest BCUT2D eigenvalue weighted by atomic mass is 16.3. The minimum atomic E-state index is -0.986. The van der Waals surface area contributed by atoms with Crippen LogP contribution in [0.2, 0.25) is 0 Å². The summed E-state index contributed by atoms with van der Waals surface area (Å²) in [6.07, 6.45) is 6.51. The second-order valence-electron chi connectivity index (χ2n) is 13.2. The molecule has 3 aliphatic heterocycles. The van der Waals surface area contributed by atoms with Gasteiger partial charge in [-0.15, -0.1) is 10.2 Å². The van der Waals surface area contributed by atoms with Crippen molar-refractivity contribution in [2.45, 2.75) is 69.7 Å². The predicted octanol–water partition coefficient (Wildman–Crippen LogP) is 4.50. The van der Waals surface area contributed by atoms with Gasteiger partial charge in [-0.05, 0) is 55.7 Å². The minimum Gasteiger partial charge on any atom is -0.507 e. The van der Waals surface area contributed by atoms with Crippen LogP contribution in [0.1, 0.15) is 90.1 Å². The molecule has 50 heavy (non-hydrogen) atoms. The van der Waals surface area contributed by atoms with E-state index >= 15 is 0 Å². The van der Waals surface area contributed by atoms with Crippen molar-refractivity contribution in [3.63, 3.8) is 0 Å². The average Bonchev–Trinajstić information content (AvgIpc) is 3.61. The molecule has 3 aliphatic rings. The van der Waals surface area contributed by atoms with Crippen LogP contribution in [0, 0.1) is 0 Å². The van der Waals surface area contributed by atoms with E-state index in [0.29, 0.717) is 48.6 Å². The number of para-hydroxylation sites is 1. The van der Waals surface area contributed by atoms with Gasteiger partial charge in [0.1, 0.15) is 11.8 Å². The number of fused-ring (bicyclic) bond motifs is 2. The Morgan fingerprint density at radius 1 is 0.880 bits per heavy atom. The zero-order valence-electron chi connectivity index (χ0n) is 27.6. The van der Waals surface area contributed by atoms with Crippen molar-refractivity contribution in [1.82, 2.24) is 30.3 Å². The number of likely N-dealkylation sites (tertiary alicyclic amines) is 1. The number of hydrogen-bond acceptors (Lipinski definition) is 9. The Labute approximate surface area is 288 Å². The van der Waals surface area contributed by atoms with Gasteiger partial charge in [-0.25, -0.2) is 0 Å². The van der Waals surface area contributed by atoms with Crippen LogP contribution in [0.15, 0.2) is 54.6 Å². The number of H-pyrrole nitrogens is 1. The SMILES string of the molecule is O=C1CCC(N2C(=O)c3cccc(NCCCCCCCCC(=O)N4CC(c5cc6cc(-c7ccccc7O)nnc6[nH]5)C4)c3C2=O)C(=O)N1. The lowest BCUT2D eigenvalue weighted by Gasteiger charge is -2.39. The van der Waals surface area contributed by atoms with Gasteiger partial charge in [0.15, 0.2) is 5.65 Å². The molecule has 2 aromatic heterocycles. The first-order valence-electron chi connectivity index (χ1n) is 17.3. The van der Waals surface area contributed by atoms with Gasteiger partial charge < -0.3 is 20.3 Å². The normalized spacial score (nSPS) is 17.6. The molecule has 7 rings (SSSR count). The number of imide groups is 2. The number of aromatic amines is 1. The number of rotatable bonds is 13. The summed E-state index contributed by atoms with van der Waals surface area (Å²) >= 11 is 0. The summed E-state index contributed by atoms with van der Waals surface area (Å²) in [5.41, 5.74) is 4.07. The fourth-order valence-corrected chi connectivity index (χ4v) is 7.03. The second kappa shape index (κ2) is 14.1. The molecule has 13 nitrogen and oxygen atoms in total. The summed E-state index contributed by atoms with van der Waals surface area (Å²) in [4.78, 5) is 69.1. The number of phenols is 1. The molecule has 5 heterocycles. The highest BCUT2D eigenvalue weighted by Crippen LogP contribution is 2.34. The number of aromatic hydroxyl groups is 1. The molecule has 258 valence electrons. The maximum atomic E-state index is 13.2. The van der Waals surface area contributed by atoms with Crippen LogP contribution in [0.25, 0.3) is 22.3 Å². The molecule has 0 spiro atoms. The Kier molecular flexibility index (Phi) is 9.29. The summed E-state index contributed by atoms with van der Waals surface area (Å²) in [6, 6.07) is 15.1. The molecule has 13 heteroatoms. The van der Waals surface area contributed by atoms with Gasteiger partial charge in [0.25, 0.3) is 11.8 Å². The van der Waals surface area contributed by atoms with Crippen LogP contribution in [0.4, 0.5) is 5.69 Å². The van der Waals surface area contributed by atoms with Gasteiger partial charge in [-0.3, -0.25) is 34.2 Å². The first-order chi connectivity index (χ1) is 24.3. The summed E-state index contributed by atoms with van der Waals surface area (Å²) < 4.78 is 0. The Morgan fingerprint density at radius 2 is 1.64 bits per heavy atom. The van der Waals surface area contributed by atoms with Crippen molar-refractivity contribution in [2.24, 2.45) is 0 Å². The molecule has 2 fully saturated rings. The van der Waals surface area contributed by atoms with Crippen molar-refractivity contribution in [1.29, 1.82) is 0 Å². The highest BCUT2D eigenvalue weighted by Gasteiger charge is 2.45. The summed E-state index contributed by atoms with van der Waals surface area (Å²) in [6.45, 7) is 1.99. The molecular weight excluding hydrogens is 638 g/mol. The molecule has 4 N–H and O–H groups in total. The maximum absolute atomic E-state index is 13.2. The second-order valence-corrected chi connectivity index (χ2v) is 13.2. The average molecular weight is 678 g/mol. The molecule has 2 aromatic carbocycles. The zero-order chi connectivity index (χ0) is 34.8. The van der Waals surface area contributed by atoms with Crippen LogP contribution in [-0.4, -0.2) is 85.3 Å². The standard InChI is InChI=1S/C37H39N7O6/c45-30-13-7-6-10-24(30)28-19-22-18-27(39-34(22)42-41-28)23-20-43(21-23)32(47)14-5-3-1-2-4-8-17-38-26-12-9-11-25-33(26)37(50)44(36(25)49)29-15-16-31(46)40-35(29)48/h6-7,9-13,18-19,23,29,38,45H,1-5,8,14-17,20-21H2,(H,39,42)(H,40,46,48). The number of carbonyl (C=O) groups is 5.